The summed E-state index contributed by atoms with van der Waals surface area (Å²) in [5.41, 5.74) is 3.08. The molecule has 0 bridgehead atoms. The van der Waals surface area contributed by atoms with Gasteiger partial charge in [0.2, 0.25) is 0 Å². The van der Waals surface area contributed by atoms with Crippen molar-refractivity contribution in [2.24, 2.45) is 0 Å². The van der Waals surface area contributed by atoms with Crippen LogP contribution in [0.3, 0.4) is 0 Å². The fraction of sp³-hybridized carbons (Fsp3) is 0.304. The summed E-state index contributed by atoms with van der Waals surface area (Å²) < 4.78 is 13.2. The minimum absolute atomic E-state index is 0.0985. The molecule has 30 heavy (non-hydrogen) atoms. The summed E-state index contributed by atoms with van der Waals surface area (Å²) in [7, 11) is 0. The van der Waals surface area contributed by atoms with Gasteiger partial charge in [0.1, 0.15) is 13.2 Å². The van der Waals surface area contributed by atoms with Gasteiger partial charge in [0.05, 0.1) is 12.4 Å². The van der Waals surface area contributed by atoms with E-state index in [0.29, 0.717) is 26.3 Å². The highest BCUT2D eigenvalue weighted by atomic mass is 16.6. The van der Waals surface area contributed by atoms with Gasteiger partial charge in [0.25, 0.3) is 0 Å². The van der Waals surface area contributed by atoms with Gasteiger partial charge in [0, 0.05) is 31.2 Å². The lowest BCUT2D eigenvalue weighted by atomic mass is 10.1. The number of urea groups is 1. The van der Waals surface area contributed by atoms with Crippen LogP contribution >= 0.6 is 0 Å². The Morgan fingerprint density at radius 1 is 1.17 bits per heavy atom. The minimum Gasteiger partial charge on any atom is -0.486 e. The maximum Gasteiger partial charge on any atom is 0.318 e. The van der Waals surface area contributed by atoms with Crippen LogP contribution in [0.5, 0.6) is 11.5 Å². The van der Waals surface area contributed by atoms with E-state index in [0.717, 1.165) is 28.3 Å². The van der Waals surface area contributed by atoms with Gasteiger partial charge in [-0.15, -0.1) is 0 Å². The van der Waals surface area contributed by atoms with E-state index in [1.54, 1.807) is 17.4 Å². The largest absolute Gasteiger partial charge is 0.486 e. The van der Waals surface area contributed by atoms with Crippen LogP contribution in [-0.2, 0) is 6.54 Å². The Kier molecular flexibility index (Phi) is 5.88. The highest BCUT2D eigenvalue weighted by molar-refractivity contribution is 5.74. The second-order valence-corrected chi connectivity index (χ2v) is 7.22. The van der Waals surface area contributed by atoms with Gasteiger partial charge in [-0.2, -0.15) is 0 Å². The summed E-state index contributed by atoms with van der Waals surface area (Å²) >= 11 is 0. The van der Waals surface area contributed by atoms with Crippen LogP contribution in [-0.4, -0.2) is 40.2 Å². The van der Waals surface area contributed by atoms with E-state index < -0.39 is 0 Å². The fourth-order valence-electron chi connectivity index (χ4n) is 3.44. The van der Waals surface area contributed by atoms with Crippen molar-refractivity contribution < 1.29 is 14.3 Å². The number of nitrogens with zero attached hydrogens (tertiary/aromatic N) is 3. The van der Waals surface area contributed by atoms with Crippen molar-refractivity contribution in [3.63, 3.8) is 0 Å². The van der Waals surface area contributed by atoms with E-state index in [2.05, 4.69) is 10.3 Å². The van der Waals surface area contributed by atoms with E-state index in [1.807, 2.05) is 67.1 Å². The smallest absolute Gasteiger partial charge is 0.318 e. The second kappa shape index (κ2) is 8.90. The number of ether oxygens (including phenoxy) is 2. The topological polar surface area (TPSA) is 68.6 Å². The molecule has 0 unspecified atom stereocenters. The summed E-state index contributed by atoms with van der Waals surface area (Å²) in [6.07, 6.45) is 5.41. The average Bonchev–Trinajstić information content (AvgIpc) is 3.32. The Morgan fingerprint density at radius 3 is 2.63 bits per heavy atom. The molecule has 0 fully saturated rings. The normalized spacial score (nSPS) is 13.5. The highest BCUT2D eigenvalue weighted by Gasteiger charge is 2.18. The Balaban J connectivity index is 1.39. The Hall–Kier alpha value is -3.48. The molecular formula is C23H26N4O3. The predicted molar refractivity (Wildman–Crippen MR) is 114 cm³/mol. The van der Waals surface area contributed by atoms with E-state index in [9.17, 15) is 4.79 Å². The van der Waals surface area contributed by atoms with Gasteiger partial charge in [-0.05, 0) is 49.2 Å². The van der Waals surface area contributed by atoms with Crippen LogP contribution in [0.15, 0.2) is 61.2 Å². The number of aromatic nitrogens is 2. The van der Waals surface area contributed by atoms with Gasteiger partial charge in [-0.25, -0.2) is 9.78 Å². The SMILES string of the molecule is CCN(Cc1ccc2c(c1)OCCO2)C(=O)N[C@@H](C)c1ccc(-n2ccnc2)cc1. The van der Waals surface area contributed by atoms with E-state index in [1.165, 1.54) is 0 Å². The molecule has 2 amide bonds. The molecule has 0 aliphatic carbocycles. The first-order valence-electron chi connectivity index (χ1n) is 10.2. The molecule has 2 aromatic carbocycles. The first-order valence-corrected chi connectivity index (χ1v) is 10.2. The molecule has 3 aromatic rings. The third-order valence-corrected chi connectivity index (χ3v) is 5.18. The van der Waals surface area contributed by atoms with Crippen LogP contribution in [0.2, 0.25) is 0 Å². The van der Waals surface area contributed by atoms with E-state index in [4.69, 9.17) is 9.47 Å². The lowest BCUT2D eigenvalue weighted by Crippen LogP contribution is -2.40. The molecular weight excluding hydrogens is 380 g/mol. The standard InChI is InChI=1S/C23H26N4O3/c1-3-26(15-18-4-9-21-22(14-18)30-13-12-29-21)23(28)25-17(2)19-5-7-20(8-6-19)27-11-10-24-16-27/h4-11,14,16-17H,3,12-13,15H2,1-2H3,(H,25,28)/t17-/m0/s1. The molecule has 1 atom stereocenters. The summed E-state index contributed by atoms with van der Waals surface area (Å²) in [5.74, 6) is 1.49. The molecule has 7 nitrogen and oxygen atoms in total. The number of hydrogen-bond acceptors (Lipinski definition) is 4. The van der Waals surface area contributed by atoms with Gasteiger partial charge in [0.15, 0.2) is 11.5 Å². The van der Waals surface area contributed by atoms with Crippen LogP contribution in [0.1, 0.15) is 31.0 Å². The molecule has 1 N–H and O–H groups in total. The molecule has 1 aliphatic heterocycles. The zero-order valence-electron chi connectivity index (χ0n) is 17.2. The van der Waals surface area contributed by atoms with Gasteiger partial charge >= 0.3 is 6.03 Å². The number of carbonyl (C=O) groups is 1. The average molecular weight is 406 g/mol. The van der Waals surface area contributed by atoms with E-state index >= 15 is 0 Å². The Morgan fingerprint density at radius 2 is 1.93 bits per heavy atom. The number of nitrogens with one attached hydrogen (secondary N) is 1. The molecule has 1 aliphatic rings. The maximum absolute atomic E-state index is 12.9. The first kappa shape index (κ1) is 19.8. The molecule has 0 spiro atoms. The number of rotatable bonds is 6. The third kappa shape index (κ3) is 4.40. The summed E-state index contributed by atoms with van der Waals surface area (Å²) in [5, 5.41) is 3.10. The van der Waals surface area contributed by atoms with Crippen LogP contribution in [0.4, 0.5) is 4.79 Å². The Labute approximate surface area is 176 Å². The molecule has 0 radical (unpaired) electrons. The third-order valence-electron chi connectivity index (χ3n) is 5.18. The summed E-state index contributed by atoms with van der Waals surface area (Å²) in [4.78, 5) is 18.7. The number of benzene rings is 2. The Bertz CT molecular complexity index is 986. The predicted octanol–water partition coefficient (Wildman–Crippen LogP) is 3.94. The highest BCUT2D eigenvalue weighted by Crippen LogP contribution is 2.31. The number of amides is 2. The zero-order chi connectivity index (χ0) is 20.9. The van der Waals surface area contributed by atoms with Gasteiger partial charge in [-0.3, -0.25) is 0 Å². The van der Waals surface area contributed by atoms with Crippen molar-refractivity contribution in [2.75, 3.05) is 19.8 Å². The van der Waals surface area contributed by atoms with Crippen LogP contribution < -0.4 is 14.8 Å². The van der Waals surface area contributed by atoms with Gasteiger partial charge < -0.3 is 24.3 Å². The quantitative estimate of drug-likeness (QED) is 0.673. The lowest BCUT2D eigenvalue weighted by Gasteiger charge is -2.25. The summed E-state index contributed by atoms with van der Waals surface area (Å²) in [6, 6.07) is 13.7. The van der Waals surface area contributed by atoms with Crippen LogP contribution in [0.25, 0.3) is 5.69 Å². The molecule has 7 heteroatoms. The first-order chi connectivity index (χ1) is 14.6. The molecule has 2 heterocycles. The summed E-state index contributed by atoms with van der Waals surface area (Å²) in [6.45, 7) is 6.19. The molecule has 1 aromatic heterocycles. The molecule has 156 valence electrons. The number of hydrogen-bond donors (Lipinski definition) is 1. The monoisotopic (exact) mass is 406 g/mol. The van der Waals surface area contributed by atoms with Crippen molar-refractivity contribution in [3.05, 3.63) is 72.3 Å². The minimum atomic E-state index is -0.108. The zero-order valence-corrected chi connectivity index (χ0v) is 17.2. The van der Waals surface area contributed by atoms with Crippen molar-refractivity contribution in [3.8, 4) is 17.2 Å². The fourth-order valence-corrected chi connectivity index (χ4v) is 3.44. The number of fused-ring (bicyclic) bond motifs is 1. The maximum atomic E-state index is 12.9. The number of carbonyl (C=O) groups excluding carboxylic acids is 1. The molecule has 0 saturated heterocycles. The van der Waals surface area contributed by atoms with Crippen molar-refractivity contribution >= 4 is 6.03 Å². The van der Waals surface area contributed by atoms with Crippen molar-refractivity contribution in [1.82, 2.24) is 19.8 Å². The second-order valence-electron chi connectivity index (χ2n) is 7.22. The lowest BCUT2D eigenvalue weighted by molar-refractivity contribution is 0.171. The van der Waals surface area contributed by atoms with Gasteiger partial charge in [-0.1, -0.05) is 18.2 Å². The number of imidazole rings is 1. The van der Waals surface area contributed by atoms with Crippen molar-refractivity contribution in [1.29, 1.82) is 0 Å². The van der Waals surface area contributed by atoms with E-state index in [-0.39, 0.29) is 12.1 Å². The molecule has 4 rings (SSSR count). The van der Waals surface area contributed by atoms with Crippen LogP contribution in [0, 0.1) is 0 Å². The molecule has 0 saturated carbocycles. The van der Waals surface area contributed by atoms with Crippen molar-refractivity contribution in [2.45, 2.75) is 26.4 Å².